The number of aromatic nitrogens is 1. The largest absolute Gasteiger partial charge is 0.454 e. The summed E-state index contributed by atoms with van der Waals surface area (Å²) < 4.78 is 15.8. The van der Waals surface area contributed by atoms with Crippen LogP contribution in [0.4, 0.5) is 0 Å². The molecule has 0 spiro atoms. The Kier molecular flexibility index (Phi) is 4.90. The van der Waals surface area contributed by atoms with Crippen LogP contribution in [0.2, 0.25) is 0 Å². The SMILES string of the molecule is C[C@@H](OC(=O)c1cc(=O)[nH]c2ccccc12)C(=O)NCc1ccc2c(c1)OCO2. The molecule has 2 heterocycles. The number of esters is 1. The van der Waals surface area contributed by atoms with Crippen molar-refractivity contribution in [2.45, 2.75) is 19.6 Å². The lowest BCUT2D eigenvalue weighted by atomic mass is 10.1. The lowest BCUT2D eigenvalue weighted by Gasteiger charge is -2.14. The number of benzene rings is 2. The molecule has 3 aromatic rings. The summed E-state index contributed by atoms with van der Waals surface area (Å²) in [6.07, 6.45) is -1.03. The number of ether oxygens (including phenoxy) is 3. The zero-order valence-electron chi connectivity index (χ0n) is 15.6. The smallest absolute Gasteiger partial charge is 0.339 e. The number of rotatable bonds is 5. The Balaban J connectivity index is 1.41. The van der Waals surface area contributed by atoms with Crippen molar-refractivity contribution in [3.8, 4) is 11.5 Å². The number of para-hydroxylation sites is 1. The molecule has 0 saturated carbocycles. The van der Waals surface area contributed by atoms with Gasteiger partial charge in [0.1, 0.15) is 0 Å². The highest BCUT2D eigenvalue weighted by Gasteiger charge is 2.21. The summed E-state index contributed by atoms with van der Waals surface area (Å²) in [6.45, 7) is 1.89. The van der Waals surface area contributed by atoms with Crippen LogP contribution in [0.25, 0.3) is 10.9 Å². The van der Waals surface area contributed by atoms with E-state index in [1.54, 1.807) is 36.4 Å². The van der Waals surface area contributed by atoms with Crippen LogP contribution in [-0.2, 0) is 16.1 Å². The van der Waals surface area contributed by atoms with Gasteiger partial charge in [-0.05, 0) is 30.7 Å². The van der Waals surface area contributed by atoms with Crippen LogP contribution in [0.5, 0.6) is 11.5 Å². The van der Waals surface area contributed by atoms with Crippen LogP contribution in [-0.4, -0.2) is 29.8 Å². The zero-order valence-corrected chi connectivity index (χ0v) is 15.6. The lowest BCUT2D eigenvalue weighted by molar-refractivity contribution is -0.129. The van der Waals surface area contributed by atoms with Crippen LogP contribution in [0.3, 0.4) is 0 Å². The van der Waals surface area contributed by atoms with Gasteiger partial charge in [-0.25, -0.2) is 4.79 Å². The van der Waals surface area contributed by atoms with E-state index in [0.717, 1.165) is 5.56 Å². The second kappa shape index (κ2) is 7.67. The highest BCUT2D eigenvalue weighted by Crippen LogP contribution is 2.32. The van der Waals surface area contributed by atoms with Crippen molar-refractivity contribution in [3.63, 3.8) is 0 Å². The van der Waals surface area contributed by atoms with Gasteiger partial charge in [0, 0.05) is 23.5 Å². The lowest BCUT2D eigenvalue weighted by Crippen LogP contribution is -2.35. The molecular weight excluding hydrogens is 376 g/mol. The van der Waals surface area contributed by atoms with E-state index in [0.29, 0.717) is 22.4 Å². The van der Waals surface area contributed by atoms with E-state index in [4.69, 9.17) is 14.2 Å². The molecule has 4 rings (SSSR count). The monoisotopic (exact) mass is 394 g/mol. The molecule has 0 aliphatic carbocycles. The number of H-pyrrole nitrogens is 1. The highest BCUT2D eigenvalue weighted by molar-refractivity contribution is 6.03. The third-order valence-corrected chi connectivity index (χ3v) is 4.53. The molecule has 1 amide bonds. The minimum Gasteiger partial charge on any atom is -0.454 e. The van der Waals surface area contributed by atoms with Crippen molar-refractivity contribution in [2.24, 2.45) is 0 Å². The Morgan fingerprint density at radius 2 is 1.93 bits per heavy atom. The number of aromatic amines is 1. The summed E-state index contributed by atoms with van der Waals surface area (Å²) in [7, 11) is 0. The van der Waals surface area contributed by atoms with Crippen molar-refractivity contribution in [2.75, 3.05) is 6.79 Å². The third kappa shape index (κ3) is 3.91. The fraction of sp³-hybridized carbons (Fsp3) is 0.190. The summed E-state index contributed by atoms with van der Waals surface area (Å²) in [6, 6.07) is 13.4. The van der Waals surface area contributed by atoms with Gasteiger partial charge in [0.05, 0.1) is 5.56 Å². The fourth-order valence-corrected chi connectivity index (χ4v) is 3.03. The number of fused-ring (bicyclic) bond motifs is 2. The first kappa shape index (κ1) is 18.5. The van der Waals surface area contributed by atoms with Gasteiger partial charge in [-0.2, -0.15) is 0 Å². The first-order valence-corrected chi connectivity index (χ1v) is 9.00. The first-order chi connectivity index (χ1) is 14.0. The molecule has 148 valence electrons. The van der Waals surface area contributed by atoms with Gasteiger partial charge in [0.2, 0.25) is 12.4 Å². The van der Waals surface area contributed by atoms with E-state index >= 15 is 0 Å². The molecule has 29 heavy (non-hydrogen) atoms. The minimum absolute atomic E-state index is 0.111. The standard InChI is InChI=1S/C21H18N2O6/c1-12(20(25)22-10-13-6-7-17-18(8-13)28-11-27-17)29-21(26)15-9-19(24)23-16-5-3-2-4-14(15)16/h2-9,12H,10-11H2,1H3,(H,22,25)(H,23,24)/t12-/m1/s1. The van der Waals surface area contributed by atoms with Gasteiger partial charge < -0.3 is 24.5 Å². The summed E-state index contributed by atoms with van der Waals surface area (Å²) >= 11 is 0. The second-order valence-electron chi connectivity index (χ2n) is 6.55. The summed E-state index contributed by atoms with van der Waals surface area (Å²) in [4.78, 5) is 39.3. The molecule has 2 N–H and O–H groups in total. The van der Waals surface area contributed by atoms with Crippen LogP contribution in [0.15, 0.2) is 53.3 Å². The zero-order chi connectivity index (χ0) is 20.4. The van der Waals surface area contributed by atoms with Gasteiger partial charge in [0.25, 0.3) is 5.91 Å². The number of hydrogen-bond acceptors (Lipinski definition) is 6. The Bertz CT molecular complexity index is 1150. The quantitative estimate of drug-likeness (QED) is 0.642. The number of amides is 1. The summed E-state index contributed by atoms with van der Waals surface area (Å²) in [5.74, 6) is 0.0908. The van der Waals surface area contributed by atoms with E-state index in [1.165, 1.54) is 13.0 Å². The molecule has 1 aromatic heterocycles. The Morgan fingerprint density at radius 3 is 2.79 bits per heavy atom. The number of carbonyl (C=O) groups is 2. The van der Waals surface area contributed by atoms with Crippen LogP contribution < -0.4 is 20.3 Å². The number of hydrogen-bond donors (Lipinski definition) is 2. The highest BCUT2D eigenvalue weighted by atomic mass is 16.7. The normalized spacial score (nSPS) is 13.1. The molecule has 1 atom stereocenters. The van der Waals surface area contributed by atoms with E-state index in [-0.39, 0.29) is 18.9 Å². The van der Waals surface area contributed by atoms with Crippen LogP contribution in [0, 0.1) is 0 Å². The Hall–Kier alpha value is -3.81. The fourth-order valence-electron chi connectivity index (χ4n) is 3.03. The maximum Gasteiger partial charge on any atom is 0.339 e. The van der Waals surface area contributed by atoms with Gasteiger partial charge >= 0.3 is 5.97 Å². The Labute approximate surface area is 165 Å². The van der Waals surface area contributed by atoms with E-state index in [2.05, 4.69) is 10.3 Å². The molecule has 8 heteroatoms. The molecule has 0 bridgehead atoms. The number of carbonyl (C=O) groups excluding carboxylic acids is 2. The average Bonchev–Trinajstić information content (AvgIpc) is 3.19. The molecule has 8 nitrogen and oxygen atoms in total. The topological polar surface area (TPSA) is 107 Å². The number of nitrogens with one attached hydrogen (secondary N) is 2. The molecule has 0 saturated heterocycles. The van der Waals surface area contributed by atoms with E-state index < -0.39 is 23.5 Å². The molecule has 0 fully saturated rings. The molecular formula is C21H18N2O6. The third-order valence-electron chi connectivity index (χ3n) is 4.53. The summed E-state index contributed by atoms with van der Waals surface area (Å²) in [5, 5.41) is 3.26. The molecule has 1 aliphatic heterocycles. The van der Waals surface area contributed by atoms with Crippen LogP contribution in [0.1, 0.15) is 22.8 Å². The molecule has 2 aromatic carbocycles. The van der Waals surface area contributed by atoms with Gasteiger partial charge in [-0.15, -0.1) is 0 Å². The molecule has 0 unspecified atom stereocenters. The van der Waals surface area contributed by atoms with E-state index in [9.17, 15) is 14.4 Å². The van der Waals surface area contributed by atoms with Crippen LogP contribution >= 0.6 is 0 Å². The van der Waals surface area contributed by atoms with Gasteiger partial charge in [-0.3, -0.25) is 9.59 Å². The minimum atomic E-state index is -1.03. The van der Waals surface area contributed by atoms with Gasteiger partial charge in [0.15, 0.2) is 17.6 Å². The first-order valence-electron chi connectivity index (χ1n) is 9.00. The van der Waals surface area contributed by atoms with Crippen molar-refractivity contribution in [3.05, 3.63) is 70.0 Å². The van der Waals surface area contributed by atoms with Crippen molar-refractivity contribution in [1.29, 1.82) is 0 Å². The van der Waals surface area contributed by atoms with Crippen molar-refractivity contribution in [1.82, 2.24) is 10.3 Å². The molecule has 1 aliphatic rings. The second-order valence-corrected chi connectivity index (χ2v) is 6.55. The Morgan fingerprint density at radius 1 is 1.14 bits per heavy atom. The summed E-state index contributed by atoms with van der Waals surface area (Å²) in [5.41, 5.74) is 1.03. The number of pyridine rings is 1. The molecule has 0 radical (unpaired) electrons. The maximum absolute atomic E-state index is 12.5. The van der Waals surface area contributed by atoms with Crippen molar-refractivity contribution < 1.29 is 23.8 Å². The van der Waals surface area contributed by atoms with Crippen molar-refractivity contribution >= 4 is 22.8 Å². The average molecular weight is 394 g/mol. The maximum atomic E-state index is 12.5. The van der Waals surface area contributed by atoms with E-state index in [1.807, 2.05) is 6.07 Å². The predicted molar refractivity (Wildman–Crippen MR) is 104 cm³/mol. The van der Waals surface area contributed by atoms with Gasteiger partial charge in [-0.1, -0.05) is 24.3 Å². The predicted octanol–water partition coefficient (Wildman–Crippen LogP) is 2.12.